The van der Waals surface area contributed by atoms with E-state index in [0.717, 1.165) is 39.1 Å². The fourth-order valence-corrected chi connectivity index (χ4v) is 4.02. The number of nitrogens with zero attached hydrogens (tertiary/aromatic N) is 2. The zero-order valence-corrected chi connectivity index (χ0v) is 13.7. The largest absolute Gasteiger partial charge is 0.372 e. The van der Waals surface area contributed by atoms with Crippen LogP contribution in [0.5, 0.6) is 0 Å². The van der Waals surface area contributed by atoms with Gasteiger partial charge in [0.05, 0.1) is 11.9 Å². The molecule has 3 rings (SSSR count). The van der Waals surface area contributed by atoms with Gasteiger partial charge in [-0.15, -0.1) is 0 Å². The molecule has 0 saturated carbocycles. The number of hydrogen-bond acceptors (Lipinski definition) is 5. The number of likely N-dealkylation sites (tertiary alicyclic amines) is 1. The Kier molecular flexibility index (Phi) is 4.49. The van der Waals surface area contributed by atoms with Crippen LogP contribution in [-0.4, -0.2) is 56.4 Å². The first kappa shape index (κ1) is 15.9. The molecule has 0 bridgehead atoms. The molecule has 1 aromatic heterocycles. The van der Waals surface area contributed by atoms with Crippen LogP contribution in [0.3, 0.4) is 0 Å². The molecule has 2 fully saturated rings. The molecular formula is C15H23N3O3S. The molecule has 1 N–H and O–H groups in total. The van der Waals surface area contributed by atoms with Gasteiger partial charge < -0.3 is 4.74 Å². The predicted molar refractivity (Wildman–Crippen MR) is 83.8 cm³/mol. The van der Waals surface area contributed by atoms with Gasteiger partial charge in [-0.3, -0.25) is 9.88 Å². The normalized spacial score (nSPS) is 24.5. The molecule has 2 aliphatic heterocycles. The lowest BCUT2D eigenvalue weighted by Gasteiger charge is -2.50. The third-order valence-electron chi connectivity index (χ3n) is 4.57. The van der Waals surface area contributed by atoms with E-state index in [-0.39, 0.29) is 5.60 Å². The molecule has 2 saturated heterocycles. The second-order valence-electron chi connectivity index (χ2n) is 6.36. The van der Waals surface area contributed by atoms with Crippen molar-refractivity contribution in [2.75, 3.05) is 32.5 Å². The smallest absolute Gasteiger partial charge is 0.208 e. The summed E-state index contributed by atoms with van der Waals surface area (Å²) in [6.45, 7) is 4.02. The van der Waals surface area contributed by atoms with E-state index in [9.17, 15) is 8.42 Å². The summed E-state index contributed by atoms with van der Waals surface area (Å²) in [4.78, 5) is 6.50. The molecule has 0 amide bonds. The quantitative estimate of drug-likeness (QED) is 0.830. The van der Waals surface area contributed by atoms with E-state index in [4.69, 9.17) is 4.74 Å². The molecule has 22 heavy (non-hydrogen) atoms. The zero-order valence-electron chi connectivity index (χ0n) is 12.9. The lowest BCUT2D eigenvalue weighted by atomic mass is 9.79. The summed E-state index contributed by atoms with van der Waals surface area (Å²) in [5.74, 6) is 0.437. The highest BCUT2D eigenvalue weighted by atomic mass is 32.2. The average molecular weight is 325 g/mol. The van der Waals surface area contributed by atoms with Gasteiger partial charge in [-0.25, -0.2) is 13.1 Å². The Labute approximate surface area is 131 Å². The lowest BCUT2D eigenvalue weighted by Crippen LogP contribution is -2.64. The van der Waals surface area contributed by atoms with Crippen LogP contribution in [0.2, 0.25) is 0 Å². The number of ether oxygens (including phenoxy) is 1. The Morgan fingerprint density at radius 1 is 1.50 bits per heavy atom. The van der Waals surface area contributed by atoms with Gasteiger partial charge >= 0.3 is 0 Å². The minimum atomic E-state index is -3.10. The summed E-state index contributed by atoms with van der Waals surface area (Å²) >= 11 is 0. The maximum Gasteiger partial charge on any atom is 0.208 e. The Morgan fingerprint density at radius 2 is 2.32 bits per heavy atom. The predicted octanol–water partition coefficient (Wildman–Crippen LogP) is 0.612. The summed E-state index contributed by atoms with van der Waals surface area (Å²) in [5.41, 5.74) is 1.15. The van der Waals surface area contributed by atoms with Crippen LogP contribution in [0, 0.1) is 5.92 Å². The average Bonchev–Trinajstić information content (AvgIpc) is 2.82. The van der Waals surface area contributed by atoms with E-state index in [1.54, 1.807) is 6.20 Å². The van der Waals surface area contributed by atoms with E-state index < -0.39 is 10.0 Å². The Hall–Kier alpha value is -1.02. The monoisotopic (exact) mass is 325 g/mol. The fourth-order valence-electron chi connectivity index (χ4n) is 3.53. The fraction of sp³-hybridized carbons (Fsp3) is 0.667. The third kappa shape index (κ3) is 3.65. The first-order chi connectivity index (χ1) is 10.5. The van der Waals surface area contributed by atoms with Crippen LogP contribution in [0.4, 0.5) is 0 Å². The number of pyridine rings is 1. The molecule has 6 nitrogen and oxygen atoms in total. The molecule has 0 aliphatic carbocycles. The lowest BCUT2D eigenvalue weighted by molar-refractivity contribution is -0.136. The van der Waals surface area contributed by atoms with Crippen molar-refractivity contribution in [1.29, 1.82) is 0 Å². The van der Waals surface area contributed by atoms with Crippen molar-refractivity contribution in [3.63, 3.8) is 0 Å². The number of sulfonamides is 1. The van der Waals surface area contributed by atoms with Crippen molar-refractivity contribution in [3.8, 4) is 0 Å². The van der Waals surface area contributed by atoms with Gasteiger partial charge in [-0.05, 0) is 30.4 Å². The molecule has 1 atom stereocenters. The van der Waals surface area contributed by atoms with Gasteiger partial charge in [0.25, 0.3) is 0 Å². The van der Waals surface area contributed by atoms with Crippen LogP contribution in [0.1, 0.15) is 18.4 Å². The molecule has 1 unspecified atom stereocenters. The van der Waals surface area contributed by atoms with E-state index in [0.29, 0.717) is 12.5 Å². The number of nitrogens with one attached hydrogen (secondary N) is 1. The summed E-state index contributed by atoms with van der Waals surface area (Å²) < 4.78 is 30.9. The molecule has 7 heteroatoms. The Morgan fingerprint density at radius 3 is 3.00 bits per heavy atom. The van der Waals surface area contributed by atoms with E-state index in [1.807, 2.05) is 12.3 Å². The second kappa shape index (κ2) is 6.23. The molecule has 122 valence electrons. The first-order valence-electron chi connectivity index (χ1n) is 7.67. The minimum absolute atomic E-state index is 0.0681. The summed E-state index contributed by atoms with van der Waals surface area (Å²) in [7, 11) is -3.10. The highest BCUT2D eigenvalue weighted by Gasteiger charge is 2.52. The zero-order chi connectivity index (χ0) is 15.6. The standard InChI is InChI=1S/C15H23N3O3S/c1-22(19,20)17-7-4-14-5-8-21-15(14)11-18(12-15)10-13-3-2-6-16-9-13/h2-3,6,9,14,17H,4-5,7-8,10-12H2,1H3. The van der Waals surface area contributed by atoms with Gasteiger partial charge in [0.1, 0.15) is 0 Å². The maximum atomic E-state index is 11.1. The summed E-state index contributed by atoms with van der Waals surface area (Å²) in [6, 6.07) is 4.04. The molecule has 2 aliphatic rings. The summed E-state index contributed by atoms with van der Waals surface area (Å²) in [5, 5.41) is 0. The van der Waals surface area contributed by atoms with Crippen molar-refractivity contribution in [2.24, 2.45) is 5.92 Å². The highest BCUT2D eigenvalue weighted by molar-refractivity contribution is 7.88. The molecule has 3 heterocycles. The first-order valence-corrected chi connectivity index (χ1v) is 9.56. The van der Waals surface area contributed by atoms with Crippen LogP contribution < -0.4 is 4.72 Å². The van der Waals surface area contributed by atoms with Crippen molar-refractivity contribution in [3.05, 3.63) is 30.1 Å². The SMILES string of the molecule is CS(=O)(=O)NCCC1CCOC12CN(Cc1cccnc1)C2. The molecule has 1 aromatic rings. The Bertz CT molecular complexity index is 600. The van der Waals surface area contributed by atoms with Crippen LogP contribution in [0.25, 0.3) is 0 Å². The number of rotatable bonds is 6. The van der Waals surface area contributed by atoms with E-state index in [2.05, 4.69) is 20.7 Å². The molecular weight excluding hydrogens is 302 g/mol. The van der Waals surface area contributed by atoms with Gasteiger partial charge in [-0.1, -0.05) is 6.07 Å². The topological polar surface area (TPSA) is 71.5 Å². The maximum absolute atomic E-state index is 11.1. The van der Waals surface area contributed by atoms with E-state index >= 15 is 0 Å². The van der Waals surface area contributed by atoms with Crippen molar-refractivity contribution >= 4 is 10.0 Å². The summed E-state index contributed by atoms with van der Waals surface area (Å²) in [6.07, 6.45) is 6.74. The molecule has 1 spiro atoms. The Balaban J connectivity index is 1.50. The van der Waals surface area contributed by atoms with Crippen LogP contribution in [-0.2, 0) is 21.3 Å². The highest BCUT2D eigenvalue weighted by Crippen LogP contribution is 2.41. The molecule has 0 radical (unpaired) electrons. The molecule has 0 aromatic carbocycles. The van der Waals surface area contributed by atoms with Crippen molar-refractivity contribution in [1.82, 2.24) is 14.6 Å². The van der Waals surface area contributed by atoms with Gasteiger partial charge in [0.2, 0.25) is 10.0 Å². The van der Waals surface area contributed by atoms with Gasteiger partial charge in [0, 0.05) is 45.2 Å². The van der Waals surface area contributed by atoms with E-state index in [1.165, 1.54) is 11.8 Å². The second-order valence-corrected chi connectivity index (χ2v) is 8.19. The van der Waals surface area contributed by atoms with Crippen LogP contribution >= 0.6 is 0 Å². The van der Waals surface area contributed by atoms with Gasteiger partial charge in [0.15, 0.2) is 0 Å². The third-order valence-corrected chi connectivity index (χ3v) is 5.30. The van der Waals surface area contributed by atoms with Gasteiger partial charge in [-0.2, -0.15) is 0 Å². The minimum Gasteiger partial charge on any atom is -0.372 e. The van der Waals surface area contributed by atoms with Crippen molar-refractivity contribution in [2.45, 2.75) is 25.0 Å². The van der Waals surface area contributed by atoms with Crippen molar-refractivity contribution < 1.29 is 13.2 Å². The van der Waals surface area contributed by atoms with Crippen LogP contribution in [0.15, 0.2) is 24.5 Å². The number of hydrogen-bond donors (Lipinski definition) is 1. The number of aromatic nitrogens is 1.